The fourth-order valence-corrected chi connectivity index (χ4v) is 3.57. The number of morpholine rings is 1. The first-order valence-corrected chi connectivity index (χ1v) is 9.88. The summed E-state index contributed by atoms with van der Waals surface area (Å²) in [5, 5.41) is 7.17. The highest BCUT2D eigenvalue weighted by Gasteiger charge is 2.26. The number of hydrogen-bond acceptors (Lipinski definition) is 2. The van der Waals surface area contributed by atoms with Crippen molar-refractivity contribution in [2.45, 2.75) is 19.4 Å². The van der Waals surface area contributed by atoms with Gasteiger partial charge in [0.2, 0.25) is 0 Å². The number of anilines is 1. The van der Waals surface area contributed by atoms with E-state index in [9.17, 15) is 4.39 Å². The smallest absolute Gasteiger partial charge is 0.171 e. The number of benzene rings is 2. The molecule has 0 aliphatic carbocycles. The Kier molecular flexibility index (Phi) is 7.15. The van der Waals surface area contributed by atoms with Crippen LogP contribution in [-0.2, 0) is 11.2 Å². The zero-order valence-electron chi connectivity index (χ0n) is 15.6. The first-order valence-electron chi connectivity index (χ1n) is 9.47. The van der Waals surface area contributed by atoms with Crippen LogP contribution in [0.3, 0.4) is 0 Å². The number of nitrogens with one attached hydrogen (secondary N) is 3. The largest absolute Gasteiger partial charge is 0.370 e. The van der Waals surface area contributed by atoms with Crippen molar-refractivity contribution in [3.8, 4) is 0 Å². The van der Waals surface area contributed by atoms with Crippen LogP contribution >= 0.6 is 12.2 Å². The van der Waals surface area contributed by atoms with Crippen LogP contribution in [0.5, 0.6) is 0 Å². The van der Waals surface area contributed by atoms with Gasteiger partial charge >= 0.3 is 0 Å². The van der Waals surface area contributed by atoms with E-state index in [0.29, 0.717) is 11.7 Å². The van der Waals surface area contributed by atoms with E-state index in [1.165, 1.54) is 22.6 Å². The SMILES string of the molecule is CCc1ccc(NC(=S)NC[C@H](c2ccc(F)cc2)[NH+]2CCOCC2)cc1. The highest BCUT2D eigenvalue weighted by atomic mass is 32.1. The van der Waals surface area contributed by atoms with Crippen LogP contribution < -0.4 is 15.5 Å². The van der Waals surface area contributed by atoms with Gasteiger partial charge in [-0.15, -0.1) is 0 Å². The van der Waals surface area contributed by atoms with Gasteiger partial charge in [-0.1, -0.05) is 31.2 Å². The molecule has 27 heavy (non-hydrogen) atoms. The van der Waals surface area contributed by atoms with Crippen LogP contribution in [-0.4, -0.2) is 38.0 Å². The average molecular weight is 389 g/mol. The Morgan fingerprint density at radius 1 is 1.11 bits per heavy atom. The summed E-state index contributed by atoms with van der Waals surface area (Å²) in [7, 11) is 0. The number of aryl methyl sites for hydroxylation is 1. The molecule has 1 heterocycles. The topological polar surface area (TPSA) is 37.7 Å². The normalized spacial score (nSPS) is 15.9. The van der Waals surface area contributed by atoms with Gasteiger partial charge in [-0.2, -0.15) is 0 Å². The molecular formula is C21H27FN3OS+. The Labute approximate surface area is 165 Å². The van der Waals surface area contributed by atoms with Crippen molar-refractivity contribution in [1.29, 1.82) is 0 Å². The molecule has 6 heteroatoms. The number of rotatable bonds is 6. The molecule has 3 rings (SSSR count). The van der Waals surface area contributed by atoms with Crippen molar-refractivity contribution in [3.05, 3.63) is 65.5 Å². The minimum Gasteiger partial charge on any atom is -0.370 e. The summed E-state index contributed by atoms with van der Waals surface area (Å²) >= 11 is 5.47. The molecule has 4 nitrogen and oxygen atoms in total. The van der Waals surface area contributed by atoms with Crippen molar-refractivity contribution in [2.24, 2.45) is 0 Å². The molecule has 0 unspecified atom stereocenters. The minimum absolute atomic E-state index is 0.191. The maximum Gasteiger partial charge on any atom is 0.171 e. The van der Waals surface area contributed by atoms with Gasteiger partial charge in [0.05, 0.1) is 19.8 Å². The highest BCUT2D eigenvalue weighted by Crippen LogP contribution is 2.12. The lowest BCUT2D eigenvalue weighted by molar-refractivity contribution is -0.937. The summed E-state index contributed by atoms with van der Waals surface area (Å²) in [6, 6.07) is 15.2. The van der Waals surface area contributed by atoms with Crippen LogP contribution in [0.2, 0.25) is 0 Å². The predicted molar refractivity (Wildman–Crippen MR) is 111 cm³/mol. The lowest BCUT2D eigenvalue weighted by Crippen LogP contribution is -3.15. The first kappa shape index (κ1) is 19.7. The molecule has 1 saturated heterocycles. The Morgan fingerprint density at radius 3 is 2.41 bits per heavy atom. The summed E-state index contributed by atoms with van der Waals surface area (Å²) in [6.07, 6.45) is 1.02. The van der Waals surface area contributed by atoms with Gasteiger partial charge in [0.25, 0.3) is 0 Å². The molecule has 0 saturated carbocycles. The van der Waals surface area contributed by atoms with Crippen LogP contribution in [0.1, 0.15) is 24.1 Å². The lowest BCUT2D eigenvalue weighted by atomic mass is 10.0. The molecule has 3 N–H and O–H groups in total. The monoisotopic (exact) mass is 388 g/mol. The third-order valence-corrected chi connectivity index (χ3v) is 5.23. The molecule has 0 aromatic heterocycles. The van der Waals surface area contributed by atoms with E-state index >= 15 is 0 Å². The molecule has 0 radical (unpaired) electrons. The van der Waals surface area contributed by atoms with Crippen molar-refractivity contribution in [2.75, 3.05) is 38.2 Å². The molecule has 0 spiro atoms. The maximum absolute atomic E-state index is 13.3. The fraction of sp³-hybridized carbons (Fsp3) is 0.381. The van der Waals surface area contributed by atoms with E-state index in [0.717, 1.165) is 44.0 Å². The zero-order chi connectivity index (χ0) is 19.1. The van der Waals surface area contributed by atoms with E-state index in [1.54, 1.807) is 0 Å². The Balaban J connectivity index is 1.62. The summed E-state index contributed by atoms with van der Waals surface area (Å²) in [6.45, 7) is 6.18. The summed E-state index contributed by atoms with van der Waals surface area (Å²) in [5.74, 6) is -0.213. The van der Waals surface area contributed by atoms with Gasteiger partial charge in [-0.25, -0.2) is 4.39 Å². The van der Waals surface area contributed by atoms with Crippen LogP contribution in [0.15, 0.2) is 48.5 Å². The lowest BCUT2D eigenvalue weighted by Gasteiger charge is -2.32. The molecule has 0 bridgehead atoms. The Hall–Kier alpha value is -2.02. The molecule has 1 aliphatic rings. The maximum atomic E-state index is 13.3. The average Bonchev–Trinajstić information content (AvgIpc) is 2.71. The van der Waals surface area contributed by atoms with Gasteiger partial charge < -0.3 is 20.3 Å². The van der Waals surface area contributed by atoms with Crippen molar-refractivity contribution < 1.29 is 14.0 Å². The quantitative estimate of drug-likeness (QED) is 0.664. The second-order valence-corrected chi connectivity index (χ2v) is 7.17. The number of ether oxygens (including phenoxy) is 1. The molecule has 1 atom stereocenters. The van der Waals surface area contributed by atoms with E-state index in [2.05, 4.69) is 29.7 Å². The highest BCUT2D eigenvalue weighted by molar-refractivity contribution is 7.80. The van der Waals surface area contributed by atoms with Gasteiger partial charge in [0, 0.05) is 11.3 Å². The molecule has 144 valence electrons. The zero-order valence-corrected chi connectivity index (χ0v) is 16.4. The van der Waals surface area contributed by atoms with Crippen LogP contribution in [0, 0.1) is 5.82 Å². The van der Waals surface area contributed by atoms with Crippen LogP contribution in [0.4, 0.5) is 10.1 Å². The molecule has 2 aromatic rings. The molecule has 1 aliphatic heterocycles. The van der Waals surface area contributed by atoms with Gasteiger partial charge in [0.1, 0.15) is 24.9 Å². The Bertz CT molecular complexity index is 730. The minimum atomic E-state index is -0.213. The standard InChI is InChI=1S/C21H26FN3OS/c1-2-16-3-9-19(10-4-16)24-21(27)23-15-20(25-11-13-26-14-12-25)17-5-7-18(22)8-6-17/h3-10,20H,2,11-15H2,1H3,(H2,23,24,27)/p+1/t20-/m1/s1. The Morgan fingerprint density at radius 2 is 1.78 bits per heavy atom. The van der Waals surface area contributed by atoms with E-state index < -0.39 is 0 Å². The third kappa shape index (κ3) is 5.73. The van der Waals surface area contributed by atoms with Gasteiger partial charge in [-0.05, 0) is 48.5 Å². The van der Waals surface area contributed by atoms with Crippen molar-refractivity contribution in [1.82, 2.24) is 5.32 Å². The van der Waals surface area contributed by atoms with Gasteiger partial charge in [0.15, 0.2) is 5.11 Å². The molecular weight excluding hydrogens is 361 g/mol. The summed E-state index contributed by atoms with van der Waals surface area (Å²) < 4.78 is 18.8. The first-order chi connectivity index (χ1) is 13.2. The molecule has 2 aromatic carbocycles. The number of hydrogen-bond donors (Lipinski definition) is 3. The van der Waals surface area contributed by atoms with Crippen molar-refractivity contribution in [3.63, 3.8) is 0 Å². The third-order valence-electron chi connectivity index (χ3n) is 4.99. The van der Waals surface area contributed by atoms with E-state index in [1.807, 2.05) is 24.3 Å². The number of halogens is 1. The molecule has 0 amide bonds. The van der Waals surface area contributed by atoms with E-state index in [-0.39, 0.29) is 11.9 Å². The summed E-state index contributed by atoms with van der Waals surface area (Å²) in [4.78, 5) is 1.43. The summed E-state index contributed by atoms with van der Waals surface area (Å²) in [5.41, 5.74) is 3.38. The second kappa shape index (κ2) is 9.78. The molecule has 1 fully saturated rings. The number of thiocarbonyl (C=S) groups is 1. The van der Waals surface area contributed by atoms with Crippen LogP contribution in [0.25, 0.3) is 0 Å². The predicted octanol–water partition coefficient (Wildman–Crippen LogP) is 2.33. The number of quaternary nitrogens is 1. The fourth-order valence-electron chi connectivity index (χ4n) is 3.37. The van der Waals surface area contributed by atoms with Gasteiger partial charge in [-0.3, -0.25) is 0 Å². The second-order valence-electron chi connectivity index (χ2n) is 6.76. The van der Waals surface area contributed by atoms with Crippen molar-refractivity contribution >= 4 is 23.0 Å². The van der Waals surface area contributed by atoms with E-state index in [4.69, 9.17) is 17.0 Å².